The van der Waals surface area contributed by atoms with E-state index < -0.39 is 0 Å². The summed E-state index contributed by atoms with van der Waals surface area (Å²) >= 11 is 0. The minimum atomic E-state index is 0. The van der Waals surface area contributed by atoms with Crippen molar-refractivity contribution in [3.05, 3.63) is 30.9 Å². The number of fused-ring (bicyclic) bond motifs is 1. The van der Waals surface area contributed by atoms with Crippen LogP contribution in [0.25, 0.3) is 5.52 Å². The Bertz CT molecular complexity index is 287. The van der Waals surface area contributed by atoms with Crippen LogP contribution in [0.1, 0.15) is 0 Å². The van der Waals surface area contributed by atoms with Crippen molar-refractivity contribution < 1.29 is 0 Å². The summed E-state index contributed by atoms with van der Waals surface area (Å²) in [4.78, 5) is 3.85. The molecule has 2 aromatic rings. The highest BCUT2D eigenvalue weighted by atomic mass is 127. The Morgan fingerprint density at radius 1 is 1.50 bits per heavy atom. The molecule has 0 fully saturated rings. The number of nitrogens with zero attached hydrogens (tertiary/aromatic N) is 3. The lowest BCUT2D eigenvalue weighted by atomic mass is 10.7. The maximum atomic E-state index is 3.95. The fraction of sp³-hybridized carbons (Fsp3) is 0. The fourth-order valence-electron chi connectivity index (χ4n) is 0.788. The molecule has 52 valence electrons. The van der Waals surface area contributed by atoms with Crippen LogP contribution < -0.4 is 0 Å². The molecule has 0 N–H and O–H groups in total. The Kier molecular flexibility index (Phi) is 2.21. The summed E-state index contributed by atoms with van der Waals surface area (Å²) in [5.41, 5.74) is 1.03. The lowest BCUT2D eigenvalue weighted by Gasteiger charge is -1.86. The van der Waals surface area contributed by atoms with Crippen molar-refractivity contribution in [1.29, 1.82) is 0 Å². The molecule has 2 heterocycles. The van der Waals surface area contributed by atoms with Crippen molar-refractivity contribution in [2.24, 2.45) is 0 Å². The van der Waals surface area contributed by atoms with Crippen LogP contribution in [0.15, 0.2) is 30.9 Å². The smallest absolute Gasteiger partial charge is 0.136 e. The summed E-state index contributed by atoms with van der Waals surface area (Å²) in [6.07, 6.45) is 5.18. The van der Waals surface area contributed by atoms with Crippen LogP contribution in [-0.2, 0) is 0 Å². The van der Waals surface area contributed by atoms with Gasteiger partial charge in [0, 0.05) is 6.20 Å². The van der Waals surface area contributed by atoms with Gasteiger partial charge in [0.2, 0.25) is 0 Å². The summed E-state index contributed by atoms with van der Waals surface area (Å²) in [5, 5.41) is 3.95. The summed E-state index contributed by atoms with van der Waals surface area (Å²) in [6, 6.07) is 3.89. The topological polar surface area (TPSA) is 30.2 Å². The second-order valence-electron chi connectivity index (χ2n) is 1.79. The highest BCUT2D eigenvalue weighted by Gasteiger charge is 1.86. The number of aromatic nitrogens is 3. The quantitative estimate of drug-likeness (QED) is 0.659. The molecule has 0 aromatic carbocycles. The van der Waals surface area contributed by atoms with Crippen molar-refractivity contribution >= 4 is 29.5 Å². The molecule has 0 amide bonds. The van der Waals surface area contributed by atoms with Crippen molar-refractivity contribution in [1.82, 2.24) is 14.6 Å². The summed E-state index contributed by atoms with van der Waals surface area (Å²) in [5.74, 6) is 0. The van der Waals surface area contributed by atoms with Crippen molar-refractivity contribution in [2.45, 2.75) is 0 Å². The SMILES string of the molecule is I.c1cc2[14cH]ncnn2c1. The van der Waals surface area contributed by atoms with Crippen molar-refractivity contribution in [3.63, 3.8) is 0 Å². The molecule has 0 atom stereocenters. The van der Waals surface area contributed by atoms with Crippen LogP contribution in [0, 0.1) is 0 Å². The summed E-state index contributed by atoms with van der Waals surface area (Å²) in [6.45, 7) is 0. The van der Waals surface area contributed by atoms with Gasteiger partial charge in [0.05, 0.1) is 11.7 Å². The van der Waals surface area contributed by atoms with Crippen LogP contribution >= 0.6 is 24.0 Å². The number of halogens is 1. The zero-order valence-corrected chi connectivity index (χ0v) is 7.47. The Hall–Kier alpha value is -0.650. The van der Waals surface area contributed by atoms with E-state index in [1.54, 1.807) is 10.7 Å². The van der Waals surface area contributed by atoms with Crippen LogP contribution in [0.5, 0.6) is 0 Å². The van der Waals surface area contributed by atoms with E-state index in [1.165, 1.54) is 6.33 Å². The van der Waals surface area contributed by atoms with Gasteiger partial charge in [-0.05, 0) is 12.1 Å². The highest BCUT2D eigenvalue weighted by molar-refractivity contribution is 14.0. The Labute approximate surface area is 75.1 Å². The Morgan fingerprint density at radius 3 is 3.20 bits per heavy atom. The zero-order valence-electron chi connectivity index (χ0n) is 5.14. The Balaban J connectivity index is 0.000000500. The van der Waals surface area contributed by atoms with E-state index in [-0.39, 0.29) is 24.0 Å². The molecule has 2 aromatic heterocycles. The zero-order chi connectivity index (χ0) is 6.10. The molecular weight excluding hydrogens is 243 g/mol. The monoisotopic (exact) mass is 249 g/mol. The Morgan fingerprint density at radius 2 is 2.40 bits per heavy atom. The van der Waals surface area contributed by atoms with E-state index in [1.807, 2.05) is 18.3 Å². The molecular formula is C6H6IN3. The van der Waals surface area contributed by atoms with Gasteiger partial charge in [-0.3, -0.25) is 0 Å². The van der Waals surface area contributed by atoms with E-state index in [0.717, 1.165) is 5.52 Å². The van der Waals surface area contributed by atoms with Gasteiger partial charge >= 0.3 is 0 Å². The molecule has 0 saturated carbocycles. The molecule has 0 spiro atoms. The molecule has 0 radical (unpaired) electrons. The van der Waals surface area contributed by atoms with Gasteiger partial charge in [-0.15, -0.1) is 24.0 Å². The van der Waals surface area contributed by atoms with Gasteiger partial charge in [0.15, 0.2) is 0 Å². The lowest BCUT2D eigenvalue weighted by Crippen LogP contribution is -1.87. The molecule has 3 nitrogen and oxygen atoms in total. The maximum Gasteiger partial charge on any atom is 0.136 e. The molecule has 0 aliphatic heterocycles. The van der Waals surface area contributed by atoms with Crippen molar-refractivity contribution in [3.8, 4) is 0 Å². The van der Waals surface area contributed by atoms with Crippen molar-refractivity contribution in [2.75, 3.05) is 0 Å². The minimum absolute atomic E-state index is 0. The third-order valence-electron chi connectivity index (χ3n) is 1.21. The number of hydrogen-bond acceptors (Lipinski definition) is 2. The third kappa shape index (κ3) is 1.11. The number of rotatable bonds is 0. The molecule has 0 saturated heterocycles. The van der Waals surface area contributed by atoms with E-state index >= 15 is 0 Å². The maximum absolute atomic E-state index is 3.95. The van der Waals surface area contributed by atoms with Gasteiger partial charge in [-0.2, -0.15) is 5.10 Å². The molecule has 2 rings (SSSR count). The average Bonchev–Trinajstić information content (AvgIpc) is 2.33. The first kappa shape index (κ1) is 7.46. The van der Waals surface area contributed by atoms with Gasteiger partial charge in [-0.1, -0.05) is 0 Å². The van der Waals surface area contributed by atoms with Crippen LogP contribution in [0.4, 0.5) is 0 Å². The van der Waals surface area contributed by atoms with Crippen LogP contribution in [-0.4, -0.2) is 14.6 Å². The van der Waals surface area contributed by atoms with Gasteiger partial charge < -0.3 is 0 Å². The van der Waals surface area contributed by atoms with E-state index in [4.69, 9.17) is 0 Å². The van der Waals surface area contributed by atoms with E-state index in [9.17, 15) is 0 Å². The number of hydrogen-bond donors (Lipinski definition) is 0. The second-order valence-corrected chi connectivity index (χ2v) is 1.79. The average molecular weight is 249 g/mol. The molecule has 0 unspecified atom stereocenters. The largest absolute Gasteiger partial charge is 0.241 e. The summed E-state index contributed by atoms with van der Waals surface area (Å²) < 4.78 is 1.77. The summed E-state index contributed by atoms with van der Waals surface area (Å²) in [7, 11) is 0. The molecule has 10 heavy (non-hydrogen) atoms. The predicted molar refractivity (Wildman–Crippen MR) is 48.4 cm³/mol. The van der Waals surface area contributed by atoms with Gasteiger partial charge in [-0.25, -0.2) is 9.50 Å². The van der Waals surface area contributed by atoms with Gasteiger partial charge in [0.1, 0.15) is 6.33 Å². The van der Waals surface area contributed by atoms with Crippen LogP contribution in [0.2, 0.25) is 0 Å². The molecule has 0 aliphatic carbocycles. The first-order valence-corrected chi connectivity index (χ1v) is 2.70. The standard InChI is InChI=1S/C6H5N3.HI/c1-2-6-4-7-5-8-9(6)3-1;/h1-5H;1H/i4+2;. The molecule has 0 aliphatic rings. The van der Waals surface area contributed by atoms with Gasteiger partial charge in [0.25, 0.3) is 0 Å². The molecule has 0 bridgehead atoms. The first-order valence-electron chi connectivity index (χ1n) is 2.70. The fourth-order valence-corrected chi connectivity index (χ4v) is 0.788. The second kappa shape index (κ2) is 2.96. The predicted octanol–water partition coefficient (Wildman–Crippen LogP) is 1.35. The highest BCUT2D eigenvalue weighted by Crippen LogP contribution is 1.96. The van der Waals surface area contributed by atoms with Crippen LogP contribution in [0.3, 0.4) is 0 Å². The third-order valence-corrected chi connectivity index (χ3v) is 1.21. The molecule has 4 heteroatoms. The normalized spacial score (nSPS) is 9.20. The van der Waals surface area contributed by atoms with E-state index in [2.05, 4.69) is 10.1 Å². The van der Waals surface area contributed by atoms with E-state index in [0.29, 0.717) is 0 Å². The first-order chi connectivity index (χ1) is 4.47. The lowest BCUT2D eigenvalue weighted by molar-refractivity contribution is 0.903. The minimum Gasteiger partial charge on any atom is -0.241 e.